The number of aryl methyl sites for hydroxylation is 1. The van der Waals surface area contributed by atoms with Crippen molar-refractivity contribution in [2.75, 3.05) is 0 Å². The van der Waals surface area contributed by atoms with Gasteiger partial charge in [0.15, 0.2) is 0 Å². The molecule has 2 bridgehead atoms. The van der Waals surface area contributed by atoms with Gasteiger partial charge in [0.1, 0.15) is 23.1 Å². The minimum Gasteiger partial charge on any atom is -0.459 e. The number of rotatable bonds is 3. The molecule has 3 heterocycles. The molecular weight excluding hydrogens is 363 g/mol. The van der Waals surface area contributed by atoms with E-state index >= 15 is 0 Å². The molecule has 2 aliphatic heterocycles. The zero-order valence-electron chi connectivity index (χ0n) is 13.7. The first-order valence-corrected chi connectivity index (χ1v) is 9.16. The molecule has 1 aromatic heterocycles. The standard InChI is InChI=1S/C18H18Cl2N2O3/c1-9-15(17(22-25-9)16-13(19)3-2-4-14(16)20)18(23)24-12-7-10-5-6-11(8-12)21-10/h2-4,10-12,21H,5-8H2,1H3. The minimum absolute atomic E-state index is 0.0879. The summed E-state index contributed by atoms with van der Waals surface area (Å²) in [5, 5.41) is 8.37. The molecule has 2 aromatic rings. The van der Waals surface area contributed by atoms with Gasteiger partial charge in [0.25, 0.3) is 0 Å². The van der Waals surface area contributed by atoms with Gasteiger partial charge < -0.3 is 14.6 Å². The molecule has 2 aliphatic rings. The molecule has 0 spiro atoms. The highest BCUT2D eigenvalue weighted by atomic mass is 35.5. The van der Waals surface area contributed by atoms with E-state index < -0.39 is 5.97 Å². The van der Waals surface area contributed by atoms with E-state index in [4.69, 9.17) is 32.5 Å². The van der Waals surface area contributed by atoms with Crippen LogP contribution >= 0.6 is 23.2 Å². The van der Waals surface area contributed by atoms with Crippen molar-refractivity contribution in [2.24, 2.45) is 0 Å². The smallest absolute Gasteiger partial charge is 0.344 e. The van der Waals surface area contributed by atoms with E-state index in [-0.39, 0.29) is 6.10 Å². The molecule has 2 fully saturated rings. The average molecular weight is 381 g/mol. The number of carbonyl (C=O) groups excluding carboxylic acids is 1. The molecule has 0 radical (unpaired) electrons. The lowest BCUT2D eigenvalue weighted by molar-refractivity contribution is 0.0176. The van der Waals surface area contributed by atoms with Crippen LogP contribution in [0.5, 0.6) is 0 Å². The van der Waals surface area contributed by atoms with E-state index in [2.05, 4.69) is 10.5 Å². The molecule has 7 heteroatoms. The Hall–Kier alpha value is -1.56. The molecule has 132 valence electrons. The third kappa shape index (κ3) is 3.16. The molecule has 4 rings (SSSR count). The van der Waals surface area contributed by atoms with Crippen molar-refractivity contribution in [1.82, 2.24) is 10.5 Å². The molecular formula is C18H18Cl2N2O3. The maximum atomic E-state index is 12.8. The van der Waals surface area contributed by atoms with Crippen LogP contribution in [-0.4, -0.2) is 29.3 Å². The number of hydrogen-bond donors (Lipinski definition) is 1. The van der Waals surface area contributed by atoms with Gasteiger partial charge in [0, 0.05) is 17.6 Å². The van der Waals surface area contributed by atoms with Gasteiger partial charge in [0.2, 0.25) is 0 Å². The maximum absolute atomic E-state index is 12.8. The highest BCUT2D eigenvalue weighted by Gasteiger charge is 2.36. The predicted molar refractivity (Wildman–Crippen MR) is 95.1 cm³/mol. The summed E-state index contributed by atoms with van der Waals surface area (Å²) in [7, 11) is 0. The number of halogens is 2. The van der Waals surface area contributed by atoms with Crippen LogP contribution in [0.1, 0.15) is 41.8 Å². The SMILES string of the molecule is Cc1onc(-c2c(Cl)cccc2Cl)c1C(=O)OC1CC2CCC(C1)N2. The Kier molecular flexibility index (Phi) is 4.48. The maximum Gasteiger partial charge on any atom is 0.344 e. The number of fused-ring (bicyclic) bond motifs is 2. The van der Waals surface area contributed by atoms with Gasteiger partial charge in [-0.1, -0.05) is 34.4 Å². The van der Waals surface area contributed by atoms with Crippen LogP contribution in [-0.2, 0) is 4.74 Å². The number of carbonyl (C=O) groups is 1. The van der Waals surface area contributed by atoms with Crippen LogP contribution in [0.25, 0.3) is 11.3 Å². The second-order valence-corrected chi connectivity index (χ2v) is 7.51. The Morgan fingerprint density at radius 2 is 1.88 bits per heavy atom. The van der Waals surface area contributed by atoms with Gasteiger partial charge in [-0.05, 0) is 44.7 Å². The number of piperidine rings is 1. The van der Waals surface area contributed by atoms with Crippen LogP contribution in [0.2, 0.25) is 10.0 Å². The number of aromatic nitrogens is 1. The molecule has 0 aliphatic carbocycles. The number of nitrogens with one attached hydrogen (secondary N) is 1. The Bertz CT molecular complexity index is 788. The number of nitrogens with zero attached hydrogens (tertiary/aromatic N) is 1. The normalized spacial score (nSPS) is 25.2. The zero-order chi connectivity index (χ0) is 17.6. The van der Waals surface area contributed by atoms with Crippen molar-refractivity contribution in [2.45, 2.75) is 50.8 Å². The van der Waals surface area contributed by atoms with Crippen molar-refractivity contribution >= 4 is 29.2 Å². The summed E-state index contributed by atoms with van der Waals surface area (Å²) >= 11 is 12.5. The summed E-state index contributed by atoms with van der Waals surface area (Å²) in [5.41, 5.74) is 1.11. The highest BCUT2D eigenvalue weighted by Crippen LogP contribution is 2.37. The molecule has 1 aromatic carbocycles. The Balaban J connectivity index is 1.62. The fraction of sp³-hybridized carbons (Fsp3) is 0.444. The quantitative estimate of drug-likeness (QED) is 0.799. The molecule has 2 unspecified atom stereocenters. The Labute approximate surface area is 155 Å². The van der Waals surface area contributed by atoms with Crippen LogP contribution in [0.3, 0.4) is 0 Å². The van der Waals surface area contributed by atoms with Crippen molar-refractivity contribution in [1.29, 1.82) is 0 Å². The number of hydrogen-bond acceptors (Lipinski definition) is 5. The molecule has 2 saturated heterocycles. The molecule has 25 heavy (non-hydrogen) atoms. The number of ether oxygens (including phenoxy) is 1. The van der Waals surface area contributed by atoms with Gasteiger partial charge in [-0.2, -0.15) is 0 Å². The van der Waals surface area contributed by atoms with Crippen LogP contribution in [0, 0.1) is 6.92 Å². The van der Waals surface area contributed by atoms with E-state index in [9.17, 15) is 4.79 Å². The monoisotopic (exact) mass is 380 g/mol. The summed E-state index contributed by atoms with van der Waals surface area (Å²) < 4.78 is 11.0. The first kappa shape index (κ1) is 16.9. The summed E-state index contributed by atoms with van der Waals surface area (Å²) in [6, 6.07) is 6.03. The topological polar surface area (TPSA) is 64.4 Å². The van der Waals surface area contributed by atoms with Gasteiger partial charge in [-0.15, -0.1) is 0 Å². The Morgan fingerprint density at radius 1 is 1.24 bits per heavy atom. The largest absolute Gasteiger partial charge is 0.459 e. The van der Waals surface area contributed by atoms with Gasteiger partial charge in [0.05, 0.1) is 10.0 Å². The van der Waals surface area contributed by atoms with E-state index in [0.717, 1.165) is 25.7 Å². The van der Waals surface area contributed by atoms with Crippen molar-refractivity contribution in [3.63, 3.8) is 0 Å². The third-order valence-electron chi connectivity index (χ3n) is 4.97. The summed E-state index contributed by atoms with van der Waals surface area (Å²) in [5.74, 6) is -0.0380. The molecule has 1 N–H and O–H groups in total. The van der Waals surface area contributed by atoms with E-state index in [1.165, 1.54) is 0 Å². The minimum atomic E-state index is -0.434. The predicted octanol–water partition coefficient (Wildman–Crippen LogP) is 4.40. The molecule has 2 atom stereocenters. The van der Waals surface area contributed by atoms with E-state index in [1.54, 1.807) is 25.1 Å². The van der Waals surface area contributed by atoms with Crippen LogP contribution < -0.4 is 5.32 Å². The van der Waals surface area contributed by atoms with Gasteiger partial charge >= 0.3 is 5.97 Å². The summed E-state index contributed by atoms with van der Waals surface area (Å²) in [6.45, 7) is 1.68. The number of benzene rings is 1. The van der Waals surface area contributed by atoms with Crippen molar-refractivity contribution in [3.05, 3.63) is 39.6 Å². The second kappa shape index (κ2) is 6.63. The lowest BCUT2D eigenvalue weighted by Gasteiger charge is -2.28. The van der Waals surface area contributed by atoms with Crippen LogP contribution in [0.15, 0.2) is 22.7 Å². The fourth-order valence-electron chi connectivity index (χ4n) is 3.82. The van der Waals surface area contributed by atoms with Gasteiger partial charge in [-0.25, -0.2) is 4.79 Å². The average Bonchev–Trinajstić information content (AvgIpc) is 3.10. The van der Waals surface area contributed by atoms with E-state index in [0.29, 0.717) is 44.7 Å². The molecule has 0 saturated carbocycles. The third-order valence-corrected chi connectivity index (χ3v) is 5.60. The first-order chi connectivity index (χ1) is 12.0. The summed E-state index contributed by atoms with van der Waals surface area (Å²) in [4.78, 5) is 12.8. The highest BCUT2D eigenvalue weighted by molar-refractivity contribution is 6.39. The first-order valence-electron chi connectivity index (χ1n) is 8.40. The second-order valence-electron chi connectivity index (χ2n) is 6.70. The Morgan fingerprint density at radius 3 is 2.52 bits per heavy atom. The summed E-state index contributed by atoms with van der Waals surface area (Å²) in [6.07, 6.45) is 3.88. The van der Waals surface area contributed by atoms with Crippen LogP contribution in [0.4, 0.5) is 0 Å². The van der Waals surface area contributed by atoms with Crippen molar-refractivity contribution in [3.8, 4) is 11.3 Å². The number of esters is 1. The lowest BCUT2D eigenvalue weighted by atomic mass is 10.0. The molecule has 0 amide bonds. The lowest BCUT2D eigenvalue weighted by Crippen LogP contribution is -2.42. The van der Waals surface area contributed by atoms with Crippen molar-refractivity contribution < 1.29 is 14.1 Å². The fourth-order valence-corrected chi connectivity index (χ4v) is 4.40. The molecule has 5 nitrogen and oxygen atoms in total. The zero-order valence-corrected chi connectivity index (χ0v) is 15.2. The van der Waals surface area contributed by atoms with Gasteiger partial charge in [-0.3, -0.25) is 0 Å². The van der Waals surface area contributed by atoms with E-state index in [1.807, 2.05) is 0 Å².